The van der Waals surface area contributed by atoms with E-state index < -0.39 is 12.2 Å². The van der Waals surface area contributed by atoms with Crippen molar-refractivity contribution in [3.63, 3.8) is 0 Å². The standard InChI is InChI=1S/C28H30O5/c29-25-13-8-12-24(18-25)28(31)16-7-11-23(20-33-27-14-5-2-6-15-27)17-26(30)21-32-19-22-9-3-1-4-10-22/h1-10,12-15,18,26,28-31H,16-17,19-21H2/t11?,26-,28-/m1/s1. The van der Waals surface area contributed by atoms with Crippen LogP contribution >= 0.6 is 0 Å². The van der Waals surface area contributed by atoms with Crippen molar-refractivity contribution >= 4 is 0 Å². The Morgan fingerprint density at radius 3 is 2.36 bits per heavy atom. The minimum Gasteiger partial charge on any atom is -0.508 e. The molecule has 0 spiro atoms. The Morgan fingerprint density at radius 2 is 1.64 bits per heavy atom. The predicted molar refractivity (Wildman–Crippen MR) is 128 cm³/mol. The van der Waals surface area contributed by atoms with Gasteiger partial charge in [0.2, 0.25) is 0 Å². The van der Waals surface area contributed by atoms with Crippen LogP contribution < -0.4 is 4.74 Å². The molecule has 0 saturated heterocycles. The molecule has 172 valence electrons. The summed E-state index contributed by atoms with van der Waals surface area (Å²) in [7, 11) is 0. The van der Waals surface area contributed by atoms with Gasteiger partial charge in [0.05, 0.1) is 25.4 Å². The Bertz CT molecular complexity index is 1030. The highest BCUT2D eigenvalue weighted by molar-refractivity contribution is 5.29. The van der Waals surface area contributed by atoms with Gasteiger partial charge in [0, 0.05) is 18.4 Å². The molecule has 0 aliphatic carbocycles. The molecular formula is C28H30O5. The van der Waals surface area contributed by atoms with Crippen molar-refractivity contribution in [3.8, 4) is 11.5 Å². The van der Waals surface area contributed by atoms with Crippen LogP contribution in [0.3, 0.4) is 0 Å². The van der Waals surface area contributed by atoms with E-state index in [9.17, 15) is 15.3 Å². The van der Waals surface area contributed by atoms with Crippen molar-refractivity contribution < 1.29 is 24.8 Å². The quantitative estimate of drug-likeness (QED) is 0.343. The van der Waals surface area contributed by atoms with Gasteiger partial charge in [0.1, 0.15) is 18.1 Å². The van der Waals surface area contributed by atoms with Gasteiger partial charge in [-0.25, -0.2) is 0 Å². The Kier molecular flexibility index (Phi) is 9.77. The van der Waals surface area contributed by atoms with Crippen LogP contribution in [0.2, 0.25) is 0 Å². The minimum atomic E-state index is -0.764. The van der Waals surface area contributed by atoms with Crippen molar-refractivity contribution in [2.75, 3.05) is 13.2 Å². The number of aromatic hydroxyl groups is 1. The molecule has 0 aromatic heterocycles. The molecule has 2 atom stereocenters. The molecule has 3 N–H and O–H groups in total. The normalized spacial score (nSPS) is 12.4. The first-order chi connectivity index (χ1) is 16.1. The third kappa shape index (κ3) is 8.97. The second kappa shape index (κ2) is 13.3. The second-order valence-corrected chi connectivity index (χ2v) is 7.76. The lowest BCUT2D eigenvalue weighted by molar-refractivity contribution is 0.0280. The van der Waals surface area contributed by atoms with Crippen molar-refractivity contribution in [1.29, 1.82) is 0 Å². The fourth-order valence-electron chi connectivity index (χ4n) is 3.26. The van der Waals surface area contributed by atoms with E-state index >= 15 is 0 Å². The molecule has 0 aliphatic heterocycles. The van der Waals surface area contributed by atoms with E-state index in [1.54, 1.807) is 24.3 Å². The number of hydrogen-bond acceptors (Lipinski definition) is 5. The lowest BCUT2D eigenvalue weighted by Crippen LogP contribution is -2.18. The van der Waals surface area contributed by atoms with Crippen LogP contribution in [0, 0.1) is 0 Å². The van der Waals surface area contributed by atoms with Crippen molar-refractivity contribution in [1.82, 2.24) is 0 Å². The smallest absolute Gasteiger partial charge is 0.119 e. The molecule has 0 fully saturated rings. The summed E-state index contributed by atoms with van der Waals surface area (Å²) in [5.74, 6) is 0.841. The molecule has 0 saturated carbocycles. The number of ether oxygens (including phenoxy) is 2. The molecule has 0 amide bonds. The number of phenols is 1. The fraction of sp³-hybridized carbons (Fsp3) is 0.250. The van der Waals surface area contributed by atoms with Gasteiger partial charge in [0.25, 0.3) is 0 Å². The zero-order valence-corrected chi connectivity index (χ0v) is 18.5. The molecule has 0 unspecified atom stereocenters. The number of rotatable bonds is 12. The number of aliphatic hydroxyl groups excluding tert-OH is 2. The Labute approximate surface area is 194 Å². The zero-order chi connectivity index (χ0) is 23.3. The highest BCUT2D eigenvalue weighted by Crippen LogP contribution is 2.21. The van der Waals surface area contributed by atoms with Crippen LogP contribution in [0.15, 0.2) is 102 Å². The third-order valence-corrected chi connectivity index (χ3v) is 4.96. The third-order valence-electron chi connectivity index (χ3n) is 4.96. The first kappa shape index (κ1) is 24.3. The van der Waals surface area contributed by atoms with Crippen LogP contribution in [0.25, 0.3) is 0 Å². The lowest BCUT2D eigenvalue weighted by Gasteiger charge is -2.14. The molecule has 0 bridgehead atoms. The number of hydrogen-bond donors (Lipinski definition) is 3. The van der Waals surface area contributed by atoms with Crippen LogP contribution in [0.5, 0.6) is 11.5 Å². The van der Waals surface area contributed by atoms with Gasteiger partial charge in [-0.2, -0.15) is 0 Å². The summed E-state index contributed by atoms with van der Waals surface area (Å²) in [5.41, 5.74) is 5.61. The summed E-state index contributed by atoms with van der Waals surface area (Å²) in [6.45, 7) is 0.888. The molecule has 5 heteroatoms. The largest absolute Gasteiger partial charge is 0.508 e. The lowest BCUT2D eigenvalue weighted by atomic mass is 10.1. The van der Waals surface area contributed by atoms with Crippen LogP contribution in [-0.2, 0) is 11.3 Å². The SMILES string of the molecule is Oc1cccc([C@H](O)CC=C=C(COc2ccccc2)C[C@@H](O)COCc2ccccc2)c1. The number of aliphatic hydroxyl groups is 2. The van der Waals surface area contributed by atoms with Crippen molar-refractivity contribution in [2.45, 2.75) is 31.7 Å². The van der Waals surface area contributed by atoms with Crippen molar-refractivity contribution in [2.24, 2.45) is 0 Å². The summed E-state index contributed by atoms with van der Waals surface area (Å²) in [4.78, 5) is 0. The van der Waals surface area contributed by atoms with Crippen LogP contribution in [0.1, 0.15) is 30.1 Å². The number of para-hydroxylation sites is 1. The van der Waals surface area contributed by atoms with Gasteiger partial charge in [-0.1, -0.05) is 60.7 Å². The summed E-state index contributed by atoms with van der Waals surface area (Å²) < 4.78 is 11.5. The monoisotopic (exact) mass is 446 g/mol. The Balaban J connectivity index is 1.59. The topological polar surface area (TPSA) is 79.2 Å². The average molecular weight is 447 g/mol. The van der Waals surface area contributed by atoms with E-state index in [4.69, 9.17) is 9.47 Å². The van der Waals surface area contributed by atoms with Crippen LogP contribution in [-0.4, -0.2) is 34.6 Å². The molecule has 0 aliphatic rings. The Hall–Kier alpha value is -3.34. The molecule has 33 heavy (non-hydrogen) atoms. The summed E-state index contributed by atoms with van der Waals surface area (Å²) in [6.07, 6.45) is 0.912. The predicted octanol–water partition coefficient (Wildman–Crippen LogP) is 4.94. The molecule has 3 rings (SSSR count). The van der Waals surface area contributed by atoms with E-state index in [0.717, 1.165) is 16.9 Å². The molecule has 3 aromatic carbocycles. The molecule has 0 heterocycles. The maximum Gasteiger partial charge on any atom is 0.119 e. The van der Waals surface area contributed by atoms with Crippen molar-refractivity contribution in [3.05, 3.63) is 113 Å². The maximum absolute atomic E-state index is 10.5. The van der Waals surface area contributed by atoms with Gasteiger partial charge in [-0.05, 0) is 41.5 Å². The van der Waals surface area contributed by atoms with Gasteiger partial charge in [0.15, 0.2) is 0 Å². The van der Waals surface area contributed by atoms with E-state index in [1.807, 2.05) is 60.7 Å². The maximum atomic E-state index is 10.5. The Morgan fingerprint density at radius 1 is 0.909 bits per heavy atom. The average Bonchev–Trinajstić information content (AvgIpc) is 2.83. The van der Waals surface area contributed by atoms with E-state index in [-0.39, 0.29) is 19.0 Å². The first-order valence-corrected chi connectivity index (χ1v) is 11.0. The molecule has 0 radical (unpaired) electrons. The van der Waals surface area contributed by atoms with E-state index in [2.05, 4.69) is 5.73 Å². The van der Waals surface area contributed by atoms with E-state index in [0.29, 0.717) is 25.0 Å². The van der Waals surface area contributed by atoms with Gasteiger partial charge in [-0.15, -0.1) is 5.73 Å². The molecular weight excluding hydrogens is 416 g/mol. The number of benzene rings is 3. The number of phenolic OH excluding ortho intramolecular Hbond substituents is 1. The highest BCUT2D eigenvalue weighted by Gasteiger charge is 2.10. The molecule has 3 aromatic rings. The molecule has 5 nitrogen and oxygen atoms in total. The summed E-state index contributed by atoms with van der Waals surface area (Å²) in [5, 5.41) is 30.5. The first-order valence-electron chi connectivity index (χ1n) is 11.0. The van der Waals surface area contributed by atoms with Crippen LogP contribution in [0.4, 0.5) is 0 Å². The highest BCUT2D eigenvalue weighted by atomic mass is 16.5. The fourth-order valence-corrected chi connectivity index (χ4v) is 3.26. The van der Waals surface area contributed by atoms with Gasteiger partial charge in [-0.3, -0.25) is 0 Å². The summed E-state index contributed by atoms with van der Waals surface area (Å²) in [6, 6.07) is 25.8. The second-order valence-electron chi connectivity index (χ2n) is 7.76. The zero-order valence-electron chi connectivity index (χ0n) is 18.5. The van der Waals surface area contributed by atoms with E-state index in [1.165, 1.54) is 6.07 Å². The summed E-state index contributed by atoms with van der Waals surface area (Å²) >= 11 is 0. The van der Waals surface area contributed by atoms with Gasteiger partial charge >= 0.3 is 0 Å². The minimum absolute atomic E-state index is 0.113. The van der Waals surface area contributed by atoms with Gasteiger partial charge < -0.3 is 24.8 Å².